The fraction of sp³-hybridized carbons (Fsp3) is 0.714. The third-order valence-electron chi connectivity index (χ3n) is 3.24. The Morgan fingerprint density at radius 2 is 2.15 bits per heavy atom. The van der Waals surface area contributed by atoms with Crippen molar-refractivity contribution in [2.75, 3.05) is 13.2 Å². The van der Waals surface area contributed by atoms with E-state index in [2.05, 4.69) is 11.9 Å². The molecule has 1 aliphatic heterocycles. The molecule has 0 bridgehead atoms. The fourth-order valence-corrected chi connectivity index (χ4v) is 2.08. The third-order valence-corrected chi connectivity index (χ3v) is 3.24. The minimum atomic E-state index is -1.08. The van der Waals surface area contributed by atoms with Gasteiger partial charge >= 0.3 is 12.1 Å². The number of ether oxygens (including phenoxy) is 2. The Labute approximate surface area is 119 Å². The second kappa shape index (κ2) is 6.74. The molecule has 1 fully saturated rings. The van der Waals surface area contributed by atoms with Crippen molar-refractivity contribution in [1.82, 2.24) is 5.32 Å². The normalized spacial score (nSPS) is 23.9. The molecule has 1 aliphatic rings. The first-order chi connectivity index (χ1) is 9.25. The van der Waals surface area contributed by atoms with Crippen molar-refractivity contribution in [1.29, 1.82) is 0 Å². The van der Waals surface area contributed by atoms with Crippen LogP contribution in [0, 0.1) is 11.3 Å². The number of carboxylic acids is 1. The Kier molecular flexibility index (Phi) is 5.56. The van der Waals surface area contributed by atoms with Gasteiger partial charge in [0.2, 0.25) is 0 Å². The molecule has 1 saturated heterocycles. The number of carboxylic acid groups (broad SMARTS) is 1. The number of amides is 1. The van der Waals surface area contributed by atoms with Gasteiger partial charge in [-0.25, -0.2) is 9.59 Å². The van der Waals surface area contributed by atoms with Crippen LogP contribution >= 0.6 is 0 Å². The Morgan fingerprint density at radius 3 is 2.65 bits per heavy atom. The van der Waals surface area contributed by atoms with Crippen molar-refractivity contribution in [2.45, 2.75) is 39.3 Å². The van der Waals surface area contributed by atoms with Crippen LogP contribution in [-0.2, 0) is 14.3 Å². The smallest absolute Gasteiger partial charge is 0.408 e. The van der Waals surface area contributed by atoms with Gasteiger partial charge in [0, 0.05) is 5.92 Å². The summed E-state index contributed by atoms with van der Waals surface area (Å²) in [7, 11) is 0. The number of carbonyl (C=O) groups excluding carboxylic acids is 1. The van der Waals surface area contributed by atoms with Gasteiger partial charge in [0.25, 0.3) is 0 Å². The predicted molar refractivity (Wildman–Crippen MR) is 73.4 cm³/mol. The molecule has 20 heavy (non-hydrogen) atoms. The molecule has 2 N–H and O–H groups in total. The van der Waals surface area contributed by atoms with Crippen LogP contribution in [0.15, 0.2) is 12.7 Å². The van der Waals surface area contributed by atoms with Crippen molar-refractivity contribution in [3.8, 4) is 0 Å². The zero-order chi connectivity index (χ0) is 15.3. The maximum Gasteiger partial charge on any atom is 0.408 e. The maximum atomic E-state index is 11.8. The highest BCUT2D eigenvalue weighted by Crippen LogP contribution is 2.22. The number of rotatable bonds is 5. The number of allylic oxidation sites excluding steroid dienone is 1. The Hall–Kier alpha value is -1.56. The van der Waals surface area contributed by atoms with Gasteiger partial charge in [-0.2, -0.15) is 0 Å². The molecular formula is C14H23NO5. The molecule has 0 aromatic heterocycles. The van der Waals surface area contributed by atoms with E-state index in [0.717, 1.165) is 0 Å². The van der Waals surface area contributed by atoms with Crippen molar-refractivity contribution in [3.63, 3.8) is 0 Å². The number of hydrogen-bond acceptors (Lipinski definition) is 4. The lowest BCUT2D eigenvalue weighted by molar-refractivity contribution is -0.142. The first kappa shape index (κ1) is 16.5. The van der Waals surface area contributed by atoms with Gasteiger partial charge in [-0.05, 0) is 11.8 Å². The molecule has 1 amide bonds. The highest BCUT2D eigenvalue weighted by molar-refractivity contribution is 5.80. The van der Waals surface area contributed by atoms with Crippen molar-refractivity contribution < 1.29 is 24.2 Å². The van der Waals surface area contributed by atoms with Crippen LogP contribution < -0.4 is 5.32 Å². The molecule has 0 unspecified atom stereocenters. The number of aliphatic carboxylic acids is 1. The largest absolute Gasteiger partial charge is 0.480 e. The van der Waals surface area contributed by atoms with E-state index in [1.54, 1.807) is 26.8 Å². The molecule has 0 radical (unpaired) electrons. The lowest BCUT2D eigenvalue weighted by Gasteiger charge is -2.28. The third kappa shape index (κ3) is 4.52. The van der Waals surface area contributed by atoms with E-state index in [-0.39, 0.29) is 12.0 Å². The Morgan fingerprint density at radius 1 is 1.50 bits per heavy atom. The zero-order valence-electron chi connectivity index (χ0n) is 12.2. The van der Waals surface area contributed by atoms with Crippen molar-refractivity contribution in [3.05, 3.63) is 12.7 Å². The summed E-state index contributed by atoms with van der Waals surface area (Å²) in [5.41, 5.74) is -0.600. The predicted octanol–water partition coefficient (Wildman–Crippen LogP) is 1.80. The molecular weight excluding hydrogens is 262 g/mol. The lowest BCUT2D eigenvalue weighted by atomic mass is 9.87. The van der Waals surface area contributed by atoms with Gasteiger partial charge in [0.05, 0.1) is 13.2 Å². The molecule has 0 saturated carbocycles. The number of carbonyl (C=O) groups is 2. The fourth-order valence-electron chi connectivity index (χ4n) is 2.08. The maximum absolute atomic E-state index is 11.8. The van der Waals surface area contributed by atoms with E-state index in [9.17, 15) is 9.59 Å². The van der Waals surface area contributed by atoms with Crippen LogP contribution in [0.4, 0.5) is 4.79 Å². The molecule has 0 spiro atoms. The lowest BCUT2D eigenvalue weighted by Crippen LogP contribution is -2.50. The average molecular weight is 285 g/mol. The van der Waals surface area contributed by atoms with Gasteiger partial charge in [-0.3, -0.25) is 0 Å². The minimum Gasteiger partial charge on any atom is -0.480 e. The first-order valence-electron chi connectivity index (χ1n) is 6.64. The quantitative estimate of drug-likeness (QED) is 0.752. The molecule has 6 heteroatoms. The van der Waals surface area contributed by atoms with Gasteiger partial charge in [0.1, 0.15) is 12.1 Å². The monoisotopic (exact) mass is 285 g/mol. The van der Waals surface area contributed by atoms with Crippen molar-refractivity contribution in [2.24, 2.45) is 11.3 Å². The van der Waals surface area contributed by atoms with Gasteiger partial charge < -0.3 is 19.9 Å². The van der Waals surface area contributed by atoms with Crippen LogP contribution in [0.25, 0.3) is 0 Å². The summed E-state index contributed by atoms with van der Waals surface area (Å²) in [5.74, 6) is -1.00. The standard InChI is InChI=1S/C14H23NO5/c1-5-6-9-7-19-8-10(9)20-13(18)15-11(12(16)17)14(2,3)4/h5,9-11H,1,6-8H2,2-4H3,(H,15,18)(H,16,17)/t9-,10-,11+/m0/s1. The number of nitrogens with one attached hydrogen (secondary N) is 1. The van der Waals surface area contributed by atoms with Crippen LogP contribution in [0.2, 0.25) is 0 Å². The van der Waals surface area contributed by atoms with Crippen LogP contribution in [0.1, 0.15) is 27.2 Å². The molecule has 1 rings (SSSR count). The molecule has 0 aliphatic carbocycles. The summed E-state index contributed by atoms with van der Waals surface area (Å²) in [4.78, 5) is 23.0. The molecule has 114 valence electrons. The summed E-state index contributed by atoms with van der Waals surface area (Å²) >= 11 is 0. The van der Waals surface area contributed by atoms with Gasteiger partial charge in [-0.15, -0.1) is 6.58 Å². The highest BCUT2D eigenvalue weighted by Gasteiger charge is 2.35. The van der Waals surface area contributed by atoms with Crippen LogP contribution in [0.5, 0.6) is 0 Å². The van der Waals surface area contributed by atoms with Crippen LogP contribution in [0.3, 0.4) is 0 Å². The summed E-state index contributed by atoms with van der Waals surface area (Å²) in [6.07, 6.45) is 1.36. The SMILES string of the molecule is C=CC[C@H]1COC[C@@H]1OC(=O)N[C@H](C(=O)O)C(C)(C)C. The Bertz CT molecular complexity index is 374. The zero-order valence-corrected chi connectivity index (χ0v) is 12.2. The Balaban J connectivity index is 2.58. The van der Waals surface area contributed by atoms with E-state index in [0.29, 0.717) is 19.6 Å². The van der Waals surface area contributed by atoms with Crippen molar-refractivity contribution >= 4 is 12.1 Å². The number of alkyl carbamates (subject to hydrolysis) is 1. The highest BCUT2D eigenvalue weighted by atomic mass is 16.6. The molecule has 0 aromatic carbocycles. The average Bonchev–Trinajstić information content (AvgIpc) is 2.72. The molecule has 0 aromatic rings. The summed E-state index contributed by atoms with van der Waals surface area (Å²) in [6, 6.07) is -1.00. The minimum absolute atomic E-state index is 0.0798. The summed E-state index contributed by atoms with van der Waals surface area (Å²) < 4.78 is 10.5. The summed E-state index contributed by atoms with van der Waals surface area (Å²) in [6.45, 7) is 9.73. The van der Waals surface area contributed by atoms with E-state index in [1.165, 1.54) is 0 Å². The molecule has 3 atom stereocenters. The van der Waals surface area contributed by atoms with E-state index in [4.69, 9.17) is 14.6 Å². The van der Waals surface area contributed by atoms with Gasteiger partial charge in [0.15, 0.2) is 0 Å². The van der Waals surface area contributed by atoms with Crippen LogP contribution in [-0.4, -0.2) is 42.5 Å². The first-order valence-corrected chi connectivity index (χ1v) is 6.64. The topological polar surface area (TPSA) is 84.9 Å². The summed E-state index contributed by atoms with van der Waals surface area (Å²) in [5, 5.41) is 11.6. The van der Waals surface area contributed by atoms with E-state index in [1.807, 2.05) is 0 Å². The molecule has 1 heterocycles. The van der Waals surface area contributed by atoms with E-state index < -0.39 is 23.5 Å². The number of hydrogen-bond donors (Lipinski definition) is 2. The molecule has 6 nitrogen and oxygen atoms in total. The second-order valence-electron chi connectivity index (χ2n) is 6.05. The van der Waals surface area contributed by atoms with Gasteiger partial charge in [-0.1, -0.05) is 26.8 Å². The van der Waals surface area contributed by atoms with E-state index >= 15 is 0 Å². The second-order valence-corrected chi connectivity index (χ2v) is 6.05.